The van der Waals surface area contributed by atoms with Gasteiger partial charge in [-0.3, -0.25) is 10.4 Å². The van der Waals surface area contributed by atoms with Crippen molar-refractivity contribution in [2.75, 3.05) is 12.5 Å². The van der Waals surface area contributed by atoms with Crippen LogP contribution < -0.4 is 5.43 Å². The molecule has 0 saturated heterocycles. The van der Waals surface area contributed by atoms with Crippen LogP contribution in [-0.2, 0) is 16.0 Å². The van der Waals surface area contributed by atoms with Crippen LogP contribution in [0.3, 0.4) is 0 Å². The van der Waals surface area contributed by atoms with Crippen LogP contribution in [0.2, 0.25) is 0 Å². The molecule has 0 amide bonds. The van der Waals surface area contributed by atoms with Gasteiger partial charge in [-0.05, 0) is 17.7 Å². The highest BCUT2D eigenvalue weighted by molar-refractivity contribution is 7.78. The lowest BCUT2D eigenvalue weighted by Crippen LogP contribution is -2.45. The molecular weight excluding hydrogens is 354 g/mol. The standard InChI is InChI=1S/C18H17N3O2S2/c1-23-17(22)15(11-13-7-3-2-4-8-13)21(12-24)20-18-19-14-9-5-6-10-16(14)25-18/h2-10,12,15H,11H2,1H3,(H,19,20)/t15-/m0/s1. The van der Waals surface area contributed by atoms with Crippen LogP contribution in [0.1, 0.15) is 5.56 Å². The minimum Gasteiger partial charge on any atom is -0.467 e. The van der Waals surface area contributed by atoms with Crippen molar-refractivity contribution < 1.29 is 9.53 Å². The largest absolute Gasteiger partial charge is 0.467 e. The number of ether oxygens (including phenoxy) is 1. The maximum atomic E-state index is 12.3. The number of esters is 1. The Hall–Kier alpha value is -2.51. The second kappa shape index (κ2) is 8.04. The van der Waals surface area contributed by atoms with E-state index in [0.717, 1.165) is 15.8 Å². The highest BCUT2D eigenvalue weighted by Gasteiger charge is 2.26. The molecule has 1 aromatic heterocycles. The first kappa shape index (κ1) is 17.3. The van der Waals surface area contributed by atoms with E-state index in [1.54, 1.807) is 5.01 Å². The highest BCUT2D eigenvalue weighted by Crippen LogP contribution is 2.26. The number of carbonyl (C=O) groups is 1. The maximum Gasteiger partial charge on any atom is 0.330 e. The number of hydrazine groups is 1. The number of anilines is 1. The fraction of sp³-hybridized carbons (Fsp3) is 0.167. The summed E-state index contributed by atoms with van der Waals surface area (Å²) in [7, 11) is 1.37. The van der Waals surface area contributed by atoms with Gasteiger partial charge in [0.05, 0.1) is 22.8 Å². The molecule has 1 atom stereocenters. The number of fused-ring (bicyclic) bond motifs is 1. The third-order valence-electron chi connectivity index (χ3n) is 3.71. The fourth-order valence-electron chi connectivity index (χ4n) is 2.48. The third kappa shape index (κ3) is 4.12. The van der Waals surface area contributed by atoms with Gasteiger partial charge in [0, 0.05) is 6.42 Å². The molecule has 0 unspecified atom stereocenters. The molecule has 0 aliphatic carbocycles. The van der Waals surface area contributed by atoms with Crippen LogP contribution in [0.25, 0.3) is 10.2 Å². The van der Waals surface area contributed by atoms with E-state index in [1.807, 2.05) is 54.6 Å². The van der Waals surface area contributed by atoms with Crippen molar-refractivity contribution in [2.45, 2.75) is 12.5 Å². The summed E-state index contributed by atoms with van der Waals surface area (Å²) in [4.78, 5) is 16.8. The lowest BCUT2D eigenvalue weighted by molar-refractivity contribution is -0.144. The topological polar surface area (TPSA) is 54.5 Å². The quantitative estimate of drug-likeness (QED) is 0.389. The summed E-state index contributed by atoms with van der Waals surface area (Å²) in [5.41, 5.74) is 6.47. The summed E-state index contributed by atoms with van der Waals surface area (Å²) in [6.45, 7) is 0. The van der Waals surface area contributed by atoms with E-state index in [1.165, 1.54) is 23.9 Å². The van der Waals surface area contributed by atoms with Gasteiger partial charge in [0.25, 0.3) is 0 Å². The molecule has 2 aromatic carbocycles. The number of methoxy groups -OCH3 is 1. The second-order valence-corrected chi connectivity index (χ2v) is 6.58. The van der Waals surface area contributed by atoms with Crippen LogP contribution in [-0.4, -0.2) is 34.6 Å². The number of hydrogen-bond donors (Lipinski definition) is 1. The van der Waals surface area contributed by atoms with Crippen molar-refractivity contribution in [3.63, 3.8) is 0 Å². The van der Waals surface area contributed by atoms with Crippen LogP contribution in [0.15, 0.2) is 54.6 Å². The molecule has 0 saturated carbocycles. The van der Waals surface area contributed by atoms with Gasteiger partial charge in [0.2, 0.25) is 5.13 Å². The van der Waals surface area contributed by atoms with E-state index in [2.05, 4.69) is 10.4 Å². The van der Waals surface area contributed by atoms with Crippen molar-refractivity contribution in [3.8, 4) is 0 Å². The number of rotatable bonds is 7. The third-order valence-corrected chi connectivity index (χ3v) is 4.88. The Labute approximate surface area is 155 Å². The average molecular weight is 371 g/mol. The molecule has 0 radical (unpaired) electrons. The molecule has 0 bridgehead atoms. The monoisotopic (exact) mass is 371 g/mol. The maximum absolute atomic E-state index is 12.3. The normalized spacial score (nSPS) is 11.7. The van der Waals surface area contributed by atoms with Crippen molar-refractivity contribution in [2.24, 2.45) is 0 Å². The van der Waals surface area contributed by atoms with Crippen LogP contribution in [0, 0.1) is 0 Å². The number of nitrogens with one attached hydrogen (secondary N) is 1. The highest BCUT2D eigenvalue weighted by atomic mass is 32.1. The van der Waals surface area contributed by atoms with E-state index >= 15 is 0 Å². The number of para-hydroxylation sites is 1. The first-order chi connectivity index (χ1) is 12.2. The Morgan fingerprint density at radius 1 is 1.28 bits per heavy atom. The number of thiocarbonyl (C=S) groups is 1. The van der Waals surface area contributed by atoms with Crippen molar-refractivity contribution in [3.05, 3.63) is 60.2 Å². The Morgan fingerprint density at radius 2 is 2.00 bits per heavy atom. The number of nitrogens with zero attached hydrogens (tertiary/aromatic N) is 2. The number of hydrogen-bond acceptors (Lipinski definition) is 6. The zero-order valence-electron chi connectivity index (χ0n) is 13.6. The van der Waals surface area contributed by atoms with Gasteiger partial charge in [0.1, 0.15) is 0 Å². The van der Waals surface area contributed by atoms with Gasteiger partial charge < -0.3 is 4.74 Å². The molecule has 0 aliphatic rings. The van der Waals surface area contributed by atoms with Gasteiger partial charge in [-0.25, -0.2) is 9.78 Å². The zero-order chi connectivity index (χ0) is 17.6. The lowest BCUT2D eigenvalue weighted by atomic mass is 10.1. The van der Waals surface area contributed by atoms with Crippen molar-refractivity contribution in [1.29, 1.82) is 0 Å². The summed E-state index contributed by atoms with van der Waals surface area (Å²) in [5, 5.41) is 2.25. The molecule has 0 fully saturated rings. The Kier molecular flexibility index (Phi) is 5.57. The van der Waals surface area contributed by atoms with Crippen LogP contribution >= 0.6 is 23.6 Å². The van der Waals surface area contributed by atoms with Gasteiger partial charge in [-0.1, -0.05) is 66.0 Å². The summed E-state index contributed by atoms with van der Waals surface area (Å²) in [5.74, 6) is -0.362. The molecule has 5 nitrogen and oxygen atoms in total. The first-order valence-electron chi connectivity index (χ1n) is 7.69. The minimum absolute atomic E-state index is 0.362. The van der Waals surface area contributed by atoms with Gasteiger partial charge in [-0.15, -0.1) is 0 Å². The molecule has 25 heavy (non-hydrogen) atoms. The summed E-state index contributed by atoms with van der Waals surface area (Å²) >= 11 is 6.62. The molecule has 128 valence electrons. The van der Waals surface area contributed by atoms with Crippen LogP contribution in [0.4, 0.5) is 5.13 Å². The number of carbonyl (C=O) groups excluding carboxylic acids is 1. The minimum atomic E-state index is -0.586. The molecule has 3 aromatic rings. The van der Waals surface area contributed by atoms with Crippen molar-refractivity contribution >= 4 is 50.4 Å². The molecule has 3 rings (SSSR count). The SMILES string of the molecule is COC(=O)[C@H](Cc1ccccc1)N(C=S)Nc1nc2ccccc2s1. The molecule has 0 spiro atoms. The fourth-order valence-corrected chi connectivity index (χ4v) is 3.54. The van der Waals surface area contributed by atoms with Gasteiger partial charge in [-0.2, -0.15) is 0 Å². The van der Waals surface area contributed by atoms with Crippen molar-refractivity contribution in [1.82, 2.24) is 9.99 Å². The van der Waals surface area contributed by atoms with E-state index in [9.17, 15) is 4.79 Å². The zero-order valence-corrected chi connectivity index (χ0v) is 15.2. The smallest absolute Gasteiger partial charge is 0.330 e. The van der Waals surface area contributed by atoms with E-state index in [-0.39, 0.29) is 5.97 Å². The first-order valence-corrected chi connectivity index (χ1v) is 8.97. The predicted octanol–water partition coefficient (Wildman–Crippen LogP) is 3.67. The number of thiazole rings is 1. The van der Waals surface area contributed by atoms with E-state index in [4.69, 9.17) is 17.0 Å². The summed E-state index contributed by atoms with van der Waals surface area (Å²) in [6, 6.07) is 17.0. The Bertz CT molecular complexity index is 834. The molecule has 0 aliphatic heterocycles. The Morgan fingerprint density at radius 3 is 2.68 bits per heavy atom. The molecular formula is C18H17N3O2S2. The number of benzene rings is 2. The Balaban J connectivity index is 1.83. The summed E-state index contributed by atoms with van der Waals surface area (Å²) < 4.78 is 6.02. The molecule has 1 N–H and O–H groups in total. The van der Waals surface area contributed by atoms with Gasteiger partial charge >= 0.3 is 5.97 Å². The average Bonchev–Trinajstić information content (AvgIpc) is 3.07. The number of aromatic nitrogens is 1. The molecule has 7 heteroatoms. The predicted molar refractivity (Wildman–Crippen MR) is 105 cm³/mol. The summed E-state index contributed by atoms with van der Waals surface area (Å²) in [6.07, 6.45) is 0.471. The van der Waals surface area contributed by atoms with Crippen LogP contribution in [0.5, 0.6) is 0 Å². The van der Waals surface area contributed by atoms with Gasteiger partial charge in [0.15, 0.2) is 6.04 Å². The molecule has 1 heterocycles. The van der Waals surface area contributed by atoms with E-state index < -0.39 is 6.04 Å². The second-order valence-electron chi connectivity index (χ2n) is 5.34. The lowest BCUT2D eigenvalue weighted by Gasteiger charge is -2.27. The van der Waals surface area contributed by atoms with E-state index in [0.29, 0.717) is 11.6 Å².